The van der Waals surface area contributed by atoms with E-state index in [0.717, 1.165) is 24.2 Å². The van der Waals surface area contributed by atoms with Crippen LogP contribution in [0.1, 0.15) is 12.0 Å². The molecule has 0 bridgehead atoms. The van der Waals surface area contributed by atoms with E-state index in [1.807, 2.05) is 18.2 Å². The first kappa shape index (κ1) is 11.8. The van der Waals surface area contributed by atoms with Gasteiger partial charge in [0.05, 0.1) is 0 Å². The van der Waals surface area contributed by atoms with Crippen molar-refractivity contribution in [1.29, 1.82) is 0 Å². The molecule has 1 saturated carbocycles. The van der Waals surface area contributed by atoms with Crippen molar-refractivity contribution >= 4 is 23.2 Å². The van der Waals surface area contributed by atoms with Gasteiger partial charge in [-0.3, -0.25) is 0 Å². The molecule has 1 unspecified atom stereocenters. The normalized spacial score (nSPS) is 21.5. The van der Waals surface area contributed by atoms with Crippen molar-refractivity contribution in [3.8, 4) is 5.75 Å². The zero-order valence-corrected chi connectivity index (χ0v) is 10.5. The first-order chi connectivity index (χ1) is 7.63. The Hall–Kier alpha value is -0.660. The van der Waals surface area contributed by atoms with Crippen LogP contribution in [0.15, 0.2) is 36.9 Å². The Morgan fingerprint density at radius 1 is 1.44 bits per heavy atom. The molecule has 0 heterocycles. The molecule has 1 aromatic carbocycles. The third kappa shape index (κ3) is 2.72. The summed E-state index contributed by atoms with van der Waals surface area (Å²) in [6.07, 6.45) is 3.48. The highest BCUT2D eigenvalue weighted by atomic mass is 35.5. The zero-order valence-electron chi connectivity index (χ0n) is 8.96. The summed E-state index contributed by atoms with van der Waals surface area (Å²) in [5, 5.41) is 0. The van der Waals surface area contributed by atoms with Gasteiger partial charge in [0.2, 0.25) is 0 Å². The monoisotopic (exact) mass is 256 g/mol. The van der Waals surface area contributed by atoms with E-state index in [4.69, 9.17) is 27.9 Å². The molecule has 0 N–H and O–H groups in total. The minimum absolute atomic E-state index is 0.351. The molecule has 1 fully saturated rings. The van der Waals surface area contributed by atoms with Crippen molar-refractivity contribution in [2.75, 3.05) is 6.61 Å². The number of para-hydroxylation sites is 1. The minimum atomic E-state index is -0.522. The summed E-state index contributed by atoms with van der Waals surface area (Å²) < 4.78 is 5.06. The first-order valence-electron chi connectivity index (χ1n) is 5.33. The Balaban J connectivity index is 2.05. The van der Waals surface area contributed by atoms with Crippen molar-refractivity contribution in [3.63, 3.8) is 0 Å². The Labute approximate surface area is 106 Å². The Bertz CT molecular complexity index is 387. The molecule has 2 rings (SSSR count). The molecule has 0 spiro atoms. The minimum Gasteiger partial charge on any atom is -0.489 e. The second-order valence-electron chi connectivity index (χ2n) is 4.07. The summed E-state index contributed by atoms with van der Waals surface area (Å²) in [7, 11) is 0. The molecule has 1 aliphatic carbocycles. The van der Waals surface area contributed by atoms with E-state index in [9.17, 15) is 0 Å². The van der Waals surface area contributed by atoms with Crippen LogP contribution >= 0.6 is 23.2 Å². The van der Waals surface area contributed by atoms with Crippen LogP contribution in [-0.4, -0.2) is 10.9 Å². The summed E-state index contributed by atoms with van der Waals surface area (Å²) in [6.45, 7) is 4.16. The van der Waals surface area contributed by atoms with E-state index in [0.29, 0.717) is 12.5 Å². The van der Waals surface area contributed by atoms with Gasteiger partial charge in [-0.15, -0.1) is 23.2 Å². The van der Waals surface area contributed by atoms with Crippen molar-refractivity contribution in [2.45, 2.75) is 17.2 Å². The van der Waals surface area contributed by atoms with Crippen LogP contribution in [0, 0.1) is 5.92 Å². The fourth-order valence-electron chi connectivity index (χ4n) is 1.72. The van der Waals surface area contributed by atoms with E-state index in [2.05, 4.69) is 12.6 Å². The molecule has 0 radical (unpaired) electrons. The van der Waals surface area contributed by atoms with Gasteiger partial charge in [-0.1, -0.05) is 30.9 Å². The number of halogens is 2. The highest BCUT2D eigenvalue weighted by molar-refractivity contribution is 6.50. The maximum absolute atomic E-state index is 6.02. The van der Waals surface area contributed by atoms with Gasteiger partial charge in [0.25, 0.3) is 0 Å². The molecule has 0 amide bonds. The van der Waals surface area contributed by atoms with E-state index in [1.165, 1.54) is 0 Å². The third-order valence-corrected chi connectivity index (χ3v) is 3.68. The number of benzene rings is 1. The molecule has 16 heavy (non-hydrogen) atoms. The number of hydrogen-bond acceptors (Lipinski definition) is 1. The van der Waals surface area contributed by atoms with Crippen LogP contribution in [-0.2, 0) is 6.42 Å². The first-order valence-corrected chi connectivity index (χ1v) is 6.08. The third-order valence-electron chi connectivity index (χ3n) is 2.75. The predicted octanol–water partition coefficient (Wildman–Crippen LogP) is 3.99. The molecule has 0 aromatic heterocycles. The zero-order chi connectivity index (χ0) is 11.6. The van der Waals surface area contributed by atoms with E-state index >= 15 is 0 Å². The lowest BCUT2D eigenvalue weighted by Gasteiger charge is -2.09. The van der Waals surface area contributed by atoms with Gasteiger partial charge in [-0.2, -0.15) is 0 Å². The standard InChI is InChI=1S/C13H14Cl2O/c1-2-7-16-12-6-4-3-5-10(12)8-11-9-13(11,14)15/h2-6,11H,1,7-9H2. The summed E-state index contributed by atoms with van der Waals surface area (Å²) in [5.74, 6) is 1.25. The van der Waals surface area contributed by atoms with E-state index in [-0.39, 0.29) is 0 Å². The fourth-order valence-corrected chi connectivity index (χ4v) is 2.25. The van der Waals surface area contributed by atoms with Gasteiger partial charge in [0.1, 0.15) is 16.7 Å². The molecule has 86 valence electrons. The van der Waals surface area contributed by atoms with Crippen LogP contribution in [0.3, 0.4) is 0 Å². The quantitative estimate of drug-likeness (QED) is 0.572. The second kappa shape index (κ2) is 4.68. The highest BCUT2D eigenvalue weighted by Crippen LogP contribution is 2.55. The molecule has 3 heteroatoms. The Morgan fingerprint density at radius 2 is 2.12 bits per heavy atom. The van der Waals surface area contributed by atoms with Crippen LogP contribution in [0.25, 0.3) is 0 Å². The van der Waals surface area contributed by atoms with Gasteiger partial charge >= 0.3 is 0 Å². The van der Waals surface area contributed by atoms with E-state index in [1.54, 1.807) is 6.08 Å². The smallest absolute Gasteiger partial charge is 0.122 e. The molecule has 1 atom stereocenters. The molecule has 1 nitrogen and oxygen atoms in total. The number of hydrogen-bond donors (Lipinski definition) is 0. The van der Waals surface area contributed by atoms with Gasteiger partial charge in [0, 0.05) is 0 Å². The van der Waals surface area contributed by atoms with Crippen molar-refractivity contribution in [1.82, 2.24) is 0 Å². The Kier molecular flexibility index (Phi) is 3.46. The summed E-state index contributed by atoms with van der Waals surface area (Å²) in [6, 6.07) is 7.98. The average Bonchev–Trinajstić information content (AvgIpc) is 2.85. The average molecular weight is 257 g/mol. The van der Waals surface area contributed by atoms with Crippen molar-refractivity contribution < 1.29 is 4.74 Å². The van der Waals surface area contributed by atoms with Crippen LogP contribution in [0.2, 0.25) is 0 Å². The predicted molar refractivity (Wildman–Crippen MR) is 68.4 cm³/mol. The Morgan fingerprint density at radius 3 is 2.75 bits per heavy atom. The van der Waals surface area contributed by atoms with Crippen molar-refractivity contribution in [2.24, 2.45) is 5.92 Å². The number of ether oxygens (including phenoxy) is 1. The van der Waals surface area contributed by atoms with Gasteiger partial charge in [0.15, 0.2) is 0 Å². The fraction of sp³-hybridized carbons (Fsp3) is 0.385. The molecule has 1 aromatic rings. The van der Waals surface area contributed by atoms with E-state index < -0.39 is 4.33 Å². The van der Waals surface area contributed by atoms with Gasteiger partial charge in [-0.05, 0) is 30.4 Å². The van der Waals surface area contributed by atoms with Crippen molar-refractivity contribution in [3.05, 3.63) is 42.5 Å². The molecular formula is C13H14Cl2O. The maximum Gasteiger partial charge on any atom is 0.122 e. The maximum atomic E-state index is 6.02. The number of alkyl halides is 2. The number of rotatable bonds is 5. The lowest BCUT2D eigenvalue weighted by Crippen LogP contribution is -2.00. The summed E-state index contributed by atoms with van der Waals surface area (Å²) >= 11 is 12.0. The largest absolute Gasteiger partial charge is 0.489 e. The summed E-state index contributed by atoms with van der Waals surface area (Å²) in [5.41, 5.74) is 1.16. The SMILES string of the molecule is C=CCOc1ccccc1CC1CC1(Cl)Cl. The molecule has 1 aliphatic rings. The van der Waals surface area contributed by atoms with Gasteiger partial charge in [-0.25, -0.2) is 0 Å². The topological polar surface area (TPSA) is 9.23 Å². The van der Waals surface area contributed by atoms with Crippen LogP contribution < -0.4 is 4.74 Å². The van der Waals surface area contributed by atoms with Gasteiger partial charge < -0.3 is 4.74 Å². The molecule has 0 saturated heterocycles. The van der Waals surface area contributed by atoms with Crippen LogP contribution in [0.4, 0.5) is 0 Å². The molecular weight excluding hydrogens is 243 g/mol. The summed E-state index contributed by atoms with van der Waals surface area (Å²) in [4.78, 5) is 0. The second-order valence-corrected chi connectivity index (χ2v) is 5.62. The lowest BCUT2D eigenvalue weighted by molar-refractivity contribution is 0.358. The molecule has 0 aliphatic heterocycles. The highest BCUT2D eigenvalue weighted by Gasteiger charge is 2.51. The van der Waals surface area contributed by atoms with Crippen LogP contribution in [0.5, 0.6) is 5.75 Å². The lowest BCUT2D eigenvalue weighted by atomic mass is 10.1.